The van der Waals surface area contributed by atoms with E-state index in [1.807, 2.05) is 0 Å². The Kier molecular flexibility index (Phi) is 5.06. The largest absolute Gasteiger partial charge is 0.337 e. The normalized spacial score (nSPS) is 19.1. The molecule has 5 heteroatoms. The van der Waals surface area contributed by atoms with Gasteiger partial charge in [-0.05, 0) is 37.9 Å². The van der Waals surface area contributed by atoms with Crippen molar-refractivity contribution in [2.45, 2.75) is 32.2 Å². The van der Waals surface area contributed by atoms with Crippen LogP contribution in [-0.2, 0) is 0 Å². The third kappa shape index (κ3) is 3.76. The van der Waals surface area contributed by atoms with Gasteiger partial charge < -0.3 is 10.2 Å². The quantitative estimate of drug-likeness (QED) is 0.920. The monoisotopic (exact) mass is 282 g/mol. The summed E-state index contributed by atoms with van der Waals surface area (Å²) in [6.07, 6.45) is 2.98. The van der Waals surface area contributed by atoms with Crippen LogP contribution in [0.2, 0.25) is 0 Å². The summed E-state index contributed by atoms with van der Waals surface area (Å²) in [6, 6.07) is 3.23. The van der Waals surface area contributed by atoms with Crippen LogP contribution in [0.1, 0.15) is 36.5 Å². The van der Waals surface area contributed by atoms with Crippen LogP contribution in [0.25, 0.3) is 0 Å². The lowest BCUT2D eigenvalue weighted by Gasteiger charge is -2.33. The molecule has 1 unspecified atom stereocenters. The van der Waals surface area contributed by atoms with Gasteiger partial charge in [-0.1, -0.05) is 6.92 Å². The Morgan fingerprint density at radius 3 is 2.70 bits per heavy atom. The van der Waals surface area contributed by atoms with E-state index in [1.54, 1.807) is 4.90 Å². The first kappa shape index (κ1) is 14.9. The number of nitrogens with zero attached hydrogens (tertiary/aromatic N) is 1. The van der Waals surface area contributed by atoms with Crippen LogP contribution in [-0.4, -0.2) is 36.5 Å². The van der Waals surface area contributed by atoms with E-state index in [9.17, 15) is 13.6 Å². The topological polar surface area (TPSA) is 32.3 Å². The van der Waals surface area contributed by atoms with Crippen molar-refractivity contribution < 1.29 is 13.6 Å². The van der Waals surface area contributed by atoms with Gasteiger partial charge in [0.1, 0.15) is 11.6 Å². The number of rotatable bonds is 4. The van der Waals surface area contributed by atoms with Crippen molar-refractivity contribution in [1.82, 2.24) is 10.2 Å². The zero-order valence-electron chi connectivity index (χ0n) is 11.7. The fraction of sp³-hybridized carbons (Fsp3) is 0.533. The Morgan fingerprint density at radius 1 is 1.35 bits per heavy atom. The lowest BCUT2D eigenvalue weighted by atomic mass is 10.0. The Balaban J connectivity index is 2.04. The number of benzene rings is 1. The number of piperidine rings is 1. The van der Waals surface area contributed by atoms with E-state index in [-0.39, 0.29) is 17.5 Å². The lowest BCUT2D eigenvalue weighted by molar-refractivity contribution is 0.0694. The number of carbonyl (C=O) groups is 1. The Hall–Kier alpha value is -1.49. The molecule has 1 atom stereocenters. The van der Waals surface area contributed by atoms with Gasteiger partial charge >= 0.3 is 0 Å². The van der Waals surface area contributed by atoms with E-state index in [2.05, 4.69) is 12.2 Å². The summed E-state index contributed by atoms with van der Waals surface area (Å²) in [5.74, 6) is -1.73. The summed E-state index contributed by atoms with van der Waals surface area (Å²) in [6.45, 7) is 4.24. The van der Waals surface area contributed by atoms with Gasteiger partial charge in [-0.15, -0.1) is 0 Å². The second kappa shape index (κ2) is 6.79. The number of halogens is 2. The fourth-order valence-corrected chi connectivity index (χ4v) is 2.54. The molecule has 0 aliphatic carbocycles. The number of likely N-dealkylation sites (tertiary alicyclic amines) is 1. The summed E-state index contributed by atoms with van der Waals surface area (Å²) in [5.41, 5.74) is 0.0821. The molecular formula is C15H20F2N2O. The first-order chi connectivity index (χ1) is 9.60. The van der Waals surface area contributed by atoms with Gasteiger partial charge in [0.2, 0.25) is 0 Å². The summed E-state index contributed by atoms with van der Waals surface area (Å²) in [4.78, 5) is 14.0. The molecule has 1 aromatic rings. The predicted molar refractivity (Wildman–Crippen MR) is 73.6 cm³/mol. The minimum Gasteiger partial charge on any atom is -0.337 e. The van der Waals surface area contributed by atoms with Crippen molar-refractivity contribution in [2.24, 2.45) is 0 Å². The molecule has 1 heterocycles. The lowest BCUT2D eigenvalue weighted by Crippen LogP contribution is -2.48. The van der Waals surface area contributed by atoms with E-state index in [0.29, 0.717) is 13.1 Å². The van der Waals surface area contributed by atoms with E-state index < -0.39 is 11.6 Å². The van der Waals surface area contributed by atoms with Crippen LogP contribution in [0.4, 0.5) is 8.78 Å². The molecule has 1 aliphatic heterocycles. The minimum absolute atomic E-state index is 0.0821. The molecule has 3 nitrogen and oxygen atoms in total. The SMILES string of the molecule is CCCNC1CCCN(C(=O)c2cc(F)cc(F)c2)C1. The molecule has 2 rings (SSSR count). The summed E-state index contributed by atoms with van der Waals surface area (Å²) in [7, 11) is 0. The highest BCUT2D eigenvalue weighted by Gasteiger charge is 2.24. The molecule has 0 bridgehead atoms. The van der Waals surface area contributed by atoms with Gasteiger partial charge in [0.15, 0.2) is 0 Å². The molecule has 0 radical (unpaired) electrons. The van der Waals surface area contributed by atoms with E-state index in [0.717, 1.165) is 44.0 Å². The van der Waals surface area contributed by atoms with Crippen molar-refractivity contribution in [3.8, 4) is 0 Å². The second-order valence-corrected chi connectivity index (χ2v) is 5.20. The van der Waals surface area contributed by atoms with Crippen LogP contribution in [0.5, 0.6) is 0 Å². The highest BCUT2D eigenvalue weighted by Crippen LogP contribution is 2.16. The van der Waals surface area contributed by atoms with Crippen molar-refractivity contribution in [3.63, 3.8) is 0 Å². The van der Waals surface area contributed by atoms with Crippen LogP contribution in [0, 0.1) is 11.6 Å². The summed E-state index contributed by atoms with van der Waals surface area (Å²) >= 11 is 0. The minimum atomic E-state index is -0.717. The van der Waals surface area contributed by atoms with Crippen molar-refractivity contribution in [3.05, 3.63) is 35.4 Å². The Morgan fingerprint density at radius 2 is 2.05 bits per heavy atom. The third-order valence-corrected chi connectivity index (χ3v) is 3.50. The smallest absolute Gasteiger partial charge is 0.254 e. The van der Waals surface area contributed by atoms with Crippen LogP contribution >= 0.6 is 0 Å². The molecule has 1 saturated heterocycles. The maximum absolute atomic E-state index is 13.2. The number of nitrogens with one attached hydrogen (secondary N) is 1. The van der Waals surface area contributed by atoms with Gasteiger partial charge in [0, 0.05) is 30.8 Å². The average Bonchev–Trinajstić information content (AvgIpc) is 2.43. The molecule has 1 amide bonds. The number of hydrogen-bond acceptors (Lipinski definition) is 2. The van der Waals surface area contributed by atoms with Crippen LogP contribution in [0.3, 0.4) is 0 Å². The number of carbonyl (C=O) groups excluding carboxylic acids is 1. The summed E-state index contributed by atoms with van der Waals surface area (Å²) < 4.78 is 26.4. The highest BCUT2D eigenvalue weighted by molar-refractivity contribution is 5.94. The van der Waals surface area contributed by atoms with Crippen molar-refractivity contribution in [2.75, 3.05) is 19.6 Å². The van der Waals surface area contributed by atoms with Crippen molar-refractivity contribution in [1.29, 1.82) is 0 Å². The van der Waals surface area contributed by atoms with E-state index in [1.165, 1.54) is 0 Å². The molecule has 110 valence electrons. The van der Waals surface area contributed by atoms with Gasteiger partial charge in [-0.3, -0.25) is 4.79 Å². The number of hydrogen-bond donors (Lipinski definition) is 1. The highest BCUT2D eigenvalue weighted by atomic mass is 19.1. The molecule has 20 heavy (non-hydrogen) atoms. The molecule has 1 fully saturated rings. The average molecular weight is 282 g/mol. The van der Waals surface area contributed by atoms with Gasteiger partial charge in [0.25, 0.3) is 5.91 Å². The predicted octanol–water partition coefficient (Wildman–Crippen LogP) is 2.57. The molecular weight excluding hydrogens is 262 g/mol. The van der Waals surface area contributed by atoms with Crippen molar-refractivity contribution >= 4 is 5.91 Å². The van der Waals surface area contributed by atoms with E-state index >= 15 is 0 Å². The van der Waals surface area contributed by atoms with E-state index in [4.69, 9.17) is 0 Å². The molecule has 1 aromatic carbocycles. The Bertz CT molecular complexity index is 459. The second-order valence-electron chi connectivity index (χ2n) is 5.20. The van der Waals surface area contributed by atoms with Gasteiger partial charge in [-0.2, -0.15) is 0 Å². The molecule has 0 spiro atoms. The van der Waals surface area contributed by atoms with Crippen LogP contribution in [0.15, 0.2) is 18.2 Å². The van der Waals surface area contributed by atoms with Crippen LogP contribution < -0.4 is 5.32 Å². The fourth-order valence-electron chi connectivity index (χ4n) is 2.54. The standard InChI is InChI=1S/C15H20F2N2O/c1-2-5-18-14-4-3-6-19(10-14)15(20)11-7-12(16)9-13(17)8-11/h7-9,14,18H,2-6,10H2,1H3. The number of amides is 1. The third-order valence-electron chi connectivity index (χ3n) is 3.50. The molecule has 0 saturated carbocycles. The maximum Gasteiger partial charge on any atom is 0.254 e. The maximum atomic E-state index is 13.2. The summed E-state index contributed by atoms with van der Waals surface area (Å²) in [5, 5.41) is 3.39. The molecule has 1 aliphatic rings. The molecule has 0 aromatic heterocycles. The first-order valence-electron chi connectivity index (χ1n) is 7.09. The Labute approximate surface area is 118 Å². The van der Waals surface area contributed by atoms with Gasteiger partial charge in [0.05, 0.1) is 0 Å². The zero-order valence-corrected chi connectivity index (χ0v) is 11.7. The van der Waals surface area contributed by atoms with Gasteiger partial charge in [-0.25, -0.2) is 8.78 Å². The first-order valence-corrected chi connectivity index (χ1v) is 7.09. The zero-order chi connectivity index (χ0) is 14.5. The molecule has 1 N–H and O–H groups in total.